The average Bonchev–Trinajstić information content (AvgIpc) is 3.10. The molecule has 0 saturated heterocycles. The Kier molecular flexibility index (Phi) is 4.42. The van der Waals surface area contributed by atoms with Crippen LogP contribution in [0.4, 0.5) is 0 Å². The average molecular weight is 358 g/mol. The molecule has 5 nitrogen and oxygen atoms in total. The number of hydrogen-bond donors (Lipinski definition) is 1. The predicted molar refractivity (Wildman–Crippen MR) is 104 cm³/mol. The summed E-state index contributed by atoms with van der Waals surface area (Å²) in [7, 11) is 0. The van der Waals surface area contributed by atoms with Gasteiger partial charge in [0.05, 0.1) is 5.52 Å². The number of carbonyl (C=O) groups excluding carboxylic acids is 2. The molecule has 5 heteroatoms. The van der Waals surface area contributed by atoms with E-state index in [-0.39, 0.29) is 23.8 Å². The van der Waals surface area contributed by atoms with Crippen molar-refractivity contribution in [2.75, 3.05) is 0 Å². The number of pyridine rings is 1. The number of para-hydroxylation sites is 1. The van der Waals surface area contributed by atoms with Crippen molar-refractivity contribution in [3.8, 4) is 0 Å². The molecular formula is C22H18N2O3. The highest BCUT2D eigenvalue weighted by Crippen LogP contribution is 2.28. The highest BCUT2D eigenvalue weighted by atomic mass is 16.5. The van der Waals surface area contributed by atoms with Gasteiger partial charge in [-0.2, -0.15) is 0 Å². The van der Waals surface area contributed by atoms with Crippen LogP contribution in [-0.2, 0) is 11.3 Å². The Morgan fingerprint density at radius 3 is 2.52 bits per heavy atom. The summed E-state index contributed by atoms with van der Waals surface area (Å²) < 4.78 is 5.40. The molecule has 4 aromatic rings. The fourth-order valence-corrected chi connectivity index (χ4v) is 3.12. The topological polar surface area (TPSA) is 72.1 Å². The van der Waals surface area contributed by atoms with Gasteiger partial charge in [0.1, 0.15) is 18.0 Å². The summed E-state index contributed by atoms with van der Waals surface area (Å²) in [5.41, 5.74) is 2.86. The van der Waals surface area contributed by atoms with Gasteiger partial charge in [-0.1, -0.05) is 55.5 Å². The number of nitrogens with zero attached hydrogens (tertiary/aromatic N) is 1. The van der Waals surface area contributed by atoms with E-state index in [2.05, 4.69) is 9.97 Å². The zero-order valence-electron chi connectivity index (χ0n) is 14.9. The second-order valence-corrected chi connectivity index (χ2v) is 6.29. The second kappa shape index (κ2) is 7.03. The van der Waals surface area contributed by atoms with Gasteiger partial charge in [0.2, 0.25) is 0 Å². The van der Waals surface area contributed by atoms with E-state index in [0.717, 1.165) is 21.9 Å². The smallest absolute Gasteiger partial charge is 0.357 e. The number of hydrogen-bond acceptors (Lipinski definition) is 4. The van der Waals surface area contributed by atoms with Gasteiger partial charge in [-0.25, -0.2) is 9.78 Å². The molecule has 0 saturated carbocycles. The summed E-state index contributed by atoms with van der Waals surface area (Å²) in [5, 5.41) is 1.74. The van der Waals surface area contributed by atoms with Crippen molar-refractivity contribution in [1.29, 1.82) is 0 Å². The summed E-state index contributed by atoms with van der Waals surface area (Å²) in [6.07, 6.45) is 0.306. The first-order valence-corrected chi connectivity index (χ1v) is 8.83. The molecule has 0 radical (unpaired) electrons. The van der Waals surface area contributed by atoms with Crippen molar-refractivity contribution in [3.05, 3.63) is 77.6 Å². The number of esters is 1. The van der Waals surface area contributed by atoms with Crippen LogP contribution < -0.4 is 0 Å². The fourth-order valence-electron chi connectivity index (χ4n) is 3.12. The minimum Gasteiger partial charge on any atom is -0.456 e. The van der Waals surface area contributed by atoms with E-state index >= 15 is 0 Å². The molecule has 0 bridgehead atoms. The standard InChI is InChI=1S/C22H18N2O3/c1-2-19(25)21-20-16(15-10-6-7-11-17(15)23-20)12-18(24-21)22(26)27-13-14-8-4-3-5-9-14/h3-12,23H,2,13H2,1H3. The summed E-state index contributed by atoms with van der Waals surface area (Å²) >= 11 is 0. The number of aromatic amines is 1. The number of fused-ring (bicyclic) bond motifs is 3. The van der Waals surface area contributed by atoms with Crippen LogP contribution in [0.2, 0.25) is 0 Å². The van der Waals surface area contributed by atoms with Crippen LogP contribution in [-0.4, -0.2) is 21.7 Å². The van der Waals surface area contributed by atoms with Crippen molar-refractivity contribution in [2.45, 2.75) is 20.0 Å². The largest absolute Gasteiger partial charge is 0.456 e. The Bertz CT molecular complexity index is 1150. The third kappa shape index (κ3) is 3.19. The van der Waals surface area contributed by atoms with Crippen molar-refractivity contribution in [3.63, 3.8) is 0 Å². The van der Waals surface area contributed by atoms with Crippen molar-refractivity contribution >= 4 is 33.6 Å². The molecule has 0 aliphatic carbocycles. The van der Waals surface area contributed by atoms with Crippen LogP contribution in [0.25, 0.3) is 21.8 Å². The molecule has 134 valence electrons. The van der Waals surface area contributed by atoms with Gasteiger partial charge in [0, 0.05) is 22.7 Å². The molecule has 2 heterocycles. The Labute approximate surface area is 156 Å². The van der Waals surface area contributed by atoms with E-state index in [0.29, 0.717) is 11.9 Å². The molecule has 0 unspecified atom stereocenters. The number of ether oxygens (including phenoxy) is 1. The lowest BCUT2D eigenvalue weighted by atomic mass is 10.1. The van der Waals surface area contributed by atoms with E-state index in [4.69, 9.17) is 4.74 Å². The number of H-pyrrole nitrogens is 1. The van der Waals surface area contributed by atoms with Crippen LogP contribution in [0.1, 0.15) is 39.9 Å². The van der Waals surface area contributed by atoms with E-state index in [9.17, 15) is 9.59 Å². The zero-order chi connectivity index (χ0) is 18.8. The van der Waals surface area contributed by atoms with E-state index in [1.54, 1.807) is 13.0 Å². The van der Waals surface area contributed by atoms with Crippen molar-refractivity contribution < 1.29 is 14.3 Å². The monoisotopic (exact) mass is 358 g/mol. The molecule has 27 heavy (non-hydrogen) atoms. The van der Waals surface area contributed by atoms with E-state index in [1.807, 2.05) is 54.6 Å². The van der Waals surface area contributed by atoms with Gasteiger partial charge in [-0.15, -0.1) is 0 Å². The molecular weight excluding hydrogens is 340 g/mol. The first-order valence-electron chi connectivity index (χ1n) is 8.83. The Morgan fingerprint density at radius 1 is 1.00 bits per heavy atom. The lowest BCUT2D eigenvalue weighted by Gasteiger charge is -2.07. The van der Waals surface area contributed by atoms with E-state index < -0.39 is 5.97 Å². The molecule has 0 atom stereocenters. The van der Waals surface area contributed by atoms with Gasteiger partial charge < -0.3 is 9.72 Å². The third-order valence-electron chi connectivity index (χ3n) is 4.50. The fraction of sp³-hybridized carbons (Fsp3) is 0.136. The van der Waals surface area contributed by atoms with E-state index in [1.165, 1.54) is 0 Å². The van der Waals surface area contributed by atoms with Gasteiger partial charge >= 0.3 is 5.97 Å². The maximum absolute atomic E-state index is 12.6. The first kappa shape index (κ1) is 17.0. The van der Waals surface area contributed by atoms with Gasteiger partial charge in [-0.3, -0.25) is 4.79 Å². The number of rotatable bonds is 5. The second-order valence-electron chi connectivity index (χ2n) is 6.29. The number of nitrogens with one attached hydrogen (secondary N) is 1. The summed E-state index contributed by atoms with van der Waals surface area (Å²) in [6, 6.07) is 18.9. The maximum Gasteiger partial charge on any atom is 0.357 e. The molecule has 2 aromatic carbocycles. The predicted octanol–water partition coefficient (Wildman–Crippen LogP) is 4.67. The van der Waals surface area contributed by atoms with Crippen LogP contribution in [0, 0.1) is 0 Å². The minimum atomic E-state index is -0.545. The van der Waals surface area contributed by atoms with Crippen LogP contribution >= 0.6 is 0 Å². The van der Waals surface area contributed by atoms with Crippen LogP contribution in [0.5, 0.6) is 0 Å². The van der Waals surface area contributed by atoms with Crippen LogP contribution in [0.15, 0.2) is 60.7 Å². The van der Waals surface area contributed by atoms with Crippen molar-refractivity contribution in [1.82, 2.24) is 9.97 Å². The van der Waals surface area contributed by atoms with Gasteiger partial charge in [0.15, 0.2) is 5.78 Å². The first-order chi connectivity index (χ1) is 13.2. The zero-order valence-corrected chi connectivity index (χ0v) is 14.9. The number of ketones is 1. The quantitative estimate of drug-likeness (QED) is 0.416. The molecule has 0 spiro atoms. The number of carbonyl (C=O) groups is 2. The number of Topliss-reactive ketones (excluding diaryl/α,β-unsaturated/α-hetero) is 1. The molecule has 4 rings (SSSR count). The minimum absolute atomic E-state index is 0.121. The Balaban J connectivity index is 1.77. The molecule has 2 aromatic heterocycles. The van der Waals surface area contributed by atoms with Crippen LogP contribution in [0.3, 0.4) is 0 Å². The molecule has 1 N–H and O–H groups in total. The molecule has 0 aliphatic heterocycles. The Morgan fingerprint density at radius 2 is 1.74 bits per heavy atom. The van der Waals surface area contributed by atoms with Gasteiger partial charge in [-0.05, 0) is 17.7 Å². The lowest BCUT2D eigenvalue weighted by Crippen LogP contribution is -2.11. The van der Waals surface area contributed by atoms with Crippen molar-refractivity contribution in [2.24, 2.45) is 0 Å². The summed E-state index contributed by atoms with van der Waals surface area (Å²) in [5.74, 6) is -0.666. The highest BCUT2D eigenvalue weighted by molar-refractivity contribution is 6.15. The normalized spacial score (nSPS) is 11.0. The third-order valence-corrected chi connectivity index (χ3v) is 4.50. The molecule has 0 aliphatic rings. The van der Waals surface area contributed by atoms with Gasteiger partial charge in [0.25, 0.3) is 0 Å². The summed E-state index contributed by atoms with van der Waals surface area (Å²) in [6.45, 7) is 1.93. The lowest BCUT2D eigenvalue weighted by molar-refractivity contribution is 0.0466. The summed E-state index contributed by atoms with van der Waals surface area (Å²) in [4.78, 5) is 32.6. The molecule has 0 fully saturated rings. The highest BCUT2D eigenvalue weighted by Gasteiger charge is 2.20. The number of aromatic nitrogens is 2. The molecule has 0 amide bonds. The Hall–Kier alpha value is -3.47. The number of benzene rings is 2. The SMILES string of the molecule is CCC(=O)c1nc(C(=O)OCc2ccccc2)cc2c1[nH]c1ccccc12. The maximum atomic E-state index is 12.6.